The third kappa shape index (κ3) is 2.76. The van der Waals surface area contributed by atoms with Crippen molar-refractivity contribution in [3.05, 3.63) is 34.4 Å². The van der Waals surface area contributed by atoms with Crippen LogP contribution in [0.15, 0.2) is 23.8 Å². The van der Waals surface area contributed by atoms with E-state index in [0.29, 0.717) is 5.02 Å². The van der Waals surface area contributed by atoms with Crippen molar-refractivity contribution in [3.8, 4) is 5.75 Å². The molecule has 14 heavy (non-hydrogen) atoms. The Bertz CT molecular complexity index is 358. The highest BCUT2D eigenvalue weighted by molar-refractivity contribution is 6.32. The Morgan fingerprint density at radius 1 is 1.57 bits per heavy atom. The highest BCUT2D eigenvalue weighted by Gasteiger charge is 2.00. The molecule has 76 valence electrons. The molecule has 0 saturated carbocycles. The first-order chi connectivity index (χ1) is 6.50. The fourth-order valence-electron chi connectivity index (χ4n) is 1.01. The quantitative estimate of drug-likeness (QED) is 0.790. The lowest BCUT2D eigenvalue weighted by Crippen LogP contribution is -2.15. The molecule has 0 bridgehead atoms. The molecule has 0 radical (unpaired) electrons. The van der Waals surface area contributed by atoms with Crippen LogP contribution < -0.4 is 5.73 Å². The van der Waals surface area contributed by atoms with E-state index in [1.54, 1.807) is 18.2 Å². The van der Waals surface area contributed by atoms with Gasteiger partial charge in [0.25, 0.3) is 0 Å². The van der Waals surface area contributed by atoms with Gasteiger partial charge in [-0.1, -0.05) is 29.3 Å². The zero-order valence-electron chi connectivity index (χ0n) is 8.29. The van der Waals surface area contributed by atoms with Crippen LogP contribution in [0.4, 0.5) is 0 Å². The second kappa shape index (κ2) is 4.49. The molecule has 0 aliphatic carbocycles. The number of rotatable bonds is 2. The van der Waals surface area contributed by atoms with Crippen molar-refractivity contribution in [2.45, 2.75) is 19.9 Å². The van der Waals surface area contributed by atoms with Gasteiger partial charge in [0.05, 0.1) is 5.02 Å². The van der Waals surface area contributed by atoms with Crippen LogP contribution in [0.3, 0.4) is 0 Å². The van der Waals surface area contributed by atoms with Crippen LogP contribution in [-0.4, -0.2) is 11.1 Å². The molecular formula is C11H14ClNO. The maximum atomic E-state index is 9.21. The molecule has 1 aromatic carbocycles. The molecule has 1 rings (SSSR count). The highest BCUT2D eigenvalue weighted by atomic mass is 35.5. The SMILES string of the molecule is C/C(=C\c1ccc(O)c(Cl)c1)C(C)N. The second-order valence-electron chi connectivity index (χ2n) is 3.39. The van der Waals surface area contributed by atoms with Crippen LogP contribution in [0.5, 0.6) is 5.75 Å². The summed E-state index contributed by atoms with van der Waals surface area (Å²) in [6.07, 6.45) is 1.95. The average molecular weight is 212 g/mol. The van der Waals surface area contributed by atoms with Crippen LogP contribution in [0, 0.1) is 0 Å². The number of phenols is 1. The largest absolute Gasteiger partial charge is 0.506 e. The summed E-state index contributed by atoms with van der Waals surface area (Å²) in [6.45, 7) is 3.89. The minimum absolute atomic E-state index is 0.0302. The van der Waals surface area contributed by atoms with E-state index in [1.807, 2.05) is 19.9 Å². The van der Waals surface area contributed by atoms with Gasteiger partial charge in [-0.3, -0.25) is 0 Å². The van der Waals surface area contributed by atoms with E-state index in [9.17, 15) is 5.11 Å². The average Bonchev–Trinajstić information content (AvgIpc) is 2.11. The molecule has 0 aliphatic heterocycles. The molecule has 0 saturated heterocycles. The van der Waals surface area contributed by atoms with E-state index in [0.717, 1.165) is 11.1 Å². The first-order valence-electron chi connectivity index (χ1n) is 4.43. The summed E-state index contributed by atoms with van der Waals surface area (Å²) in [7, 11) is 0. The molecule has 0 aliphatic rings. The molecule has 0 spiro atoms. The number of aromatic hydroxyl groups is 1. The van der Waals surface area contributed by atoms with Crippen molar-refractivity contribution in [2.24, 2.45) is 5.73 Å². The van der Waals surface area contributed by atoms with E-state index >= 15 is 0 Å². The van der Waals surface area contributed by atoms with Gasteiger partial charge in [0.15, 0.2) is 0 Å². The summed E-state index contributed by atoms with van der Waals surface area (Å²) in [5, 5.41) is 9.57. The Morgan fingerprint density at radius 3 is 2.71 bits per heavy atom. The van der Waals surface area contributed by atoms with E-state index in [2.05, 4.69) is 0 Å². The van der Waals surface area contributed by atoms with Crippen LogP contribution in [0.25, 0.3) is 6.08 Å². The smallest absolute Gasteiger partial charge is 0.134 e. The zero-order chi connectivity index (χ0) is 10.7. The summed E-state index contributed by atoms with van der Waals surface area (Å²) >= 11 is 5.77. The summed E-state index contributed by atoms with van der Waals surface area (Å²) < 4.78 is 0. The standard InChI is InChI=1S/C11H14ClNO/c1-7(8(2)13)5-9-3-4-11(14)10(12)6-9/h3-6,8,14H,13H2,1-2H3/b7-5+. The first kappa shape index (κ1) is 11.1. The lowest BCUT2D eigenvalue weighted by atomic mass is 10.1. The second-order valence-corrected chi connectivity index (χ2v) is 3.80. The predicted octanol–water partition coefficient (Wildman–Crippen LogP) is 2.80. The number of hydrogen-bond acceptors (Lipinski definition) is 2. The van der Waals surface area contributed by atoms with Gasteiger partial charge in [-0.15, -0.1) is 0 Å². The van der Waals surface area contributed by atoms with Crippen molar-refractivity contribution in [1.29, 1.82) is 0 Å². The van der Waals surface area contributed by atoms with Gasteiger partial charge in [0.2, 0.25) is 0 Å². The van der Waals surface area contributed by atoms with Gasteiger partial charge in [0, 0.05) is 6.04 Å². The molecule has 1 unspecified atom stereocenters. The summed E-state index contributed by atoms with van der Waals surface area (Å²) in [5.41, 5.74) is 7.72. The van der Waals surface area contributed by atoms with Gasteiger partial charge >= 0.3 is 0 Å². The van der Waals surface area contributed by atoms with Crippen molar-refractivity contribution in [3.63, 3.8) is 0 Å². The van der Waals surface area contributed by atoms with Gasteiger partial charge < -0.3 is 10.8 Å². The Hall–Kier alpha value is -0.990. The van der Waals surface area contributed by atoms with Crippen LogP contribution >= 0.6 is 11.6 Å². The molecule has 0 amide bonds. The Labute approximate surface area is 89.0 Å². The van der Waals surface area contributed by atoms with E-state index in [-0.39, 0.29) is 11.8 Å². The van der Waals surface area contributed by atoms with E-state index in [1.165, 1.54) is 0 Å². The lowest BCUT2D eigenvalue weighted by molar-refractivity contribution is 0.475. The highest BCUT2D eigenvalue weighted by Crippen LogP contribution is 2.24. The maximum Gasteiger partial charge on any atom is 0.134 e. The summed E-state index contributed by atoms with van der Waals surface area (Å²) in [5.74, 6) is 0.0993. The minimum Gasteiger partial charge on any atom is -0.506 e. The third-order valence-corrected chi connectivity index (χ3v) is 2.39. The Kier molecular flexibility index (Phi) is 3.55. The number of halogens is 1. The molecule has 3 heteroatoms. The fraction of sp³-hybridized carbons (Fsp3) is 0.273. The van der Waals surface area contributed by atoms with E-state index in [4.69, 9.17) is 17.3 Å². The van der Waals surface area contributed by atoms with Crippen molar-refractivity contribution in [2.75, 3.05) is 0 Å². The number of hydrogen-bond donors (Lipinski definition) is 2. The maximum absolute atomic E-state index is 9.21. The molecule has 2 nitrogen and oxygen atoms in total. The number of phenolic OH excluding ortho intramolecular Hbond substituents is 1. The zero-order valence-corrected chi connectivity index (χ0v) is 9.05. The Morgan fingerprint density at radius 2 is 2.21 bits per heavy atom. The monoisotopic (exact) mass is 211 g/mol. The minimum atomic E-state index is 0.0302. The van der Waals surface area contributed by atoms with Crippen molar-refractivity contribution < 1.29 is 5.11 Å². The van der Waals surface area contributed by atoms with Gasteiger partial charge in [-0.05, 0) is 31.5 Å². The number of benzene rings is 1. The number of nitrogens with two attached hydrogens (primary N) is 1. The molecule has 0 aromatic heterocycles. The predicted molar refractivity (Wildman–Crippen MR) is 60.4 cm³/mol. The molecule has 0 fully saturated rings. The molecule has 0 heterocycles. The molecule has 1 aromatic rings. The molecule has 3 N–H and O–H groups in total. The molecular weight excluding hydrogens is 198 g/mol. The topological polar surface area (TPSA) is 46.2 Å². The summed E-state index contributed by atoms with van der Waals surface area (Å²) in [6, 6.07) is 5.11. The van der Waals surface area contributed by atoms with Gasteiger partial charge in [-0.2, -0.15) is 0 Å². The van der Waals surface area contributed by atoms with Gasteiger partial charge in [0.1, 0.15) is 5.75 Å². The fourth-order valence-corrected chi connectivity index (χ4v) is 1.20. The first-order valence-corrected chi connectivity index (χ1v) is 4.81. The van der Waals surface area contributed by atoms with Crippen LogP contribution in [-0.2, 0) is 0 Å². The Balaban J connectivity index is 2.98. The van der Waals surface area contributed by atoms with Crippen LogP contribution in [0.2, 0.25) is 5.02 Å². The van der Waals surface area contributed by atoms with Gasteiger partial charge in [-0.25, -0.2) is 0 Å². The van der Waals surface area contributed by atoms with Crippen LogP contribution in [0.1, 0.15) is 19.4 Å². The summed E-state index contributed by atoms with van der Waals surface area (Å²) in [4.78, 5) is 0. The van der Waals surface area contributed by atoms with Crippen molar-refractivity contribution >= 4 is 17.7 Å². The lowest BCUT2D eigenvalue weighted by Gasteiger charge is -2.05. The van der Waals surface area contributed by atoms with Crippen molar-refractivity contribution in [1.82, 2.24) is 0 Å². The third-order valence-electron chi connectivity index (χ3n) is 2.08. The normalized spacial score (nSPS) is 14.1. The molecule has 1 atom stereocenters. The van der Waals surface area contributed by atoms with E-state index < -0.39 is 0 Å².